The summed E-state index contributed by atoms with van der Waals surface area (Å²) in [6.45, 7) is 0. The molecule has 27 heavy (non-hydrogen) atoms. The number of hydrogen-bond acceptors (Lipinski definition) is 8. The smallest absolute Gasteiger partial charge is 0.355 e. The predicted octanol–water partition coefficient (Wildman–Crippen LogP) is 2.20. The fourth-order valence-electron chi connectivity index (χ4n) is 2.57. The molecule has 8 heteroatoms. The van der Waals surface area contributed by atoms with Crippen LogP contribution in [0.25, 0.3) is 0 Å². The van der Waals surface area contributed by atoms with Crippen molar-refractivity contribution in [1.29, 1.82) is 0 Å². The molecule has 0 N–H and O–H groups in total. The lowest BCUT2D eigenvalue weighted by Gasteiger charge is -2.24. The normalized spacial score (nSPS) is 13.1. The second-order valence-electron chi connectivity index (χ2n) is 5.20. The number of ether oxygens (including phenoxy) is 5. The quantitative estimate of drug-likeness (QED) is 0.700. The van der Waals surface area contributed by atoms with Crippen molar-refractivity contribution in [2.75, 3.05) is 40.4 Å². The van der Waals surface area contributed by atoms with Gasteiger partial charge in [-0.2, -0.15) is 0 Å². The van der Waals surface area contributed by atoms with Crippen LogP contribution in [0.3, 0.4) is 0 Å². The molecule has 1 aliphatic heterocycles. The first kappa shape index (κ1) is 19.9. The molecule has 144 valence electrons. The molecule has 0 radical (unpaired) electrons. The molecule has 0 aromatic heterocycles. The van der Waals surface area contributed by atoms with Gasteiger partial charge < -0.3 is 28.6 Å². The Balaban J connectivity index is 2.74. The second kappa shape index (κ2) is 8.79. The summed E-state index contributed by atoms with van der Waals surface area (Å²) in [4.78, 5) is 26.2. The lowest BCUT2D eigenvalue weighted by Crippen LogP contribution is -2.27. The van der Waals surface area contributed by atoms with Crippen LogP contribution in [0.15, 0.2) is 47.8 Å². The van der Waals surface area contributed by atoms with Gasteiger partial charge in [-0.15, -0.1) is 0 Å². The lowest BCUT2D eigenvalue weighted by molar-refractivity contribution is -0.139. The zero-order valence-corrected chi connectivity index (χ0v) is 15.8. The van der Waals surface area contributed by atoms with Crippen LogP contribution < -0.4 is 19.1 Å². The van der Waals surface area contributed by atoms with Gasteiger partial charge >= 0.3 is 11.9 Å². The average molecular weight is 375 g/mol. The van der Waals surface area contributed by atoms with E-state index in [0.717, 1.165) is 0 Å². The number of esters is 2. The van der Waals surface area contributed by atoms with Crippen LogP contribution in [-0.4, -0.2) is 47.5 Å². The van der Waals surface area contributed by atoms with E-state index in [0.29, 0.717) is 22.9 Å². The molecule has 0 atom stereocenters. The third kappa shape index (κ3) is 3.89. The number of hydrogen-bond donors (Lipinski definition) is 0. The van der Waals surface area contributed by atoms with Gasteiger partial charge in [-0.1, -0.05) is 6.08 Å². The van der Waals surface area contributed by atoms with Gasteiger partial charge in [0.05, 0.1) is 46.8 Å². The van der Waals surface area contributed by atoms with E-state index in [-0.39, 0.29) is 11.3 Å². The van der Waals surface area contributed by atoms with Gasteiger partial charge in [-0.05, 0) is 12.2 Å². The molecular weight excluding hydrogens is 354 g/mol. The summed E-state index contributed by atoms with van der Waals surface area (Å²) in [6, 6.07) is 3.30. The Morgan fingerprint density at radius 2 is 1.41 bits per heavy atom. The Kier molecular flexibility index (Phi) is 6.48. The van der Waals surface area contributed by atoms with E-state index in [4.69, 9.17) is 23.7 Å². The standard InChI is InChI=1S/C19H21NO7/c1-23-14-10-12(11-15(24-2)17(14)25-3)20-9-7-6-8-13(18(21)26-4)16(20)19(22)27-5/h6-11H,1-5H3. The number of carbonyl (C=O) groups is 2. The summed E-state index contributed by atoms with van der Waals surface area (Å²) in [5.74, 6) is -0.201. The molecule has 0 aliphatic carbocycles. The molecule has 0 bridgehead atoms. The Morgan fingerprint density at radius 3 is 1.89 bits per heavy atom. The van der Waals surface area contributed by atoms with E-state index in [1.54, 1.807) is 30.5 Å². The summed E-state index contributed by atoms with van der Waals surface area (Å²) >= 11 is 0. The monoisotopic (exact) mass is 375 g/mol. The average Bonchev–Trinajstić information content (AvgIpc) is 2.94. The number of benzene rings is 1. The summed E-state index contributed by atoms with van der Waals surface area (Å²) < 4.78 is 25.7. The van der Waals surface area contributed by atoms with Crippen molar-refractivity contribution in [3.8, 4) is 17.2 Å². The number of allylic oxidation sites excluding steroid dienone is 2. The lowest BCUT2D eigenvalue weighted by atomic mass is 10.1. The molecule has 0 unspecified atom stereocenters. The van der Waals surface area contributed by atoms with E-state index >= 15 is 0 Å². The minimum absolute atomic E-state index is 0.0105. The predicted molar refractivity (Wildman–Crippen MR) is 97.9 cm³/mol. The fourth-order valence-corrected chi connectivity index (χ4v) is 2.57. The summed E-state index contributed by atoms with van der Waals surface area (Å²) in [5.41, 5.74) is 0.526. The summed E-state index contributed by atoms with van der Waals surface area (Å²) in [5, 5.41) is 0. The first-order chi connectivity index (χ1) is 13.0. The fraction of sp³-hybridized carbons (Fsp3) is 0.263. The first-order valence-electron chi connectivity index (χ1n) is 7.87. The number of nitrogens with zero attached hydrogens (tertiary/aromatic N) is 1. The van der Waals surface area contributed by atoms with Crippen LogP contribution in [0.1, 0.15) is 0 Å². The van der Waals surface area contributed by atoms with Crippen LogP contribution in [0.2, 0.25) is 0 Å². The van der Waals surface area contributed by atoms with Crippen LogP contribution in [0.4, 0.5) is 5.69 Å². The molecule has 1 aromatic rings. The van der Waals surface area contributed by atoms with E-state index in [2.05, 4.69) is 0 Å². The van der Waals surface area contributed by atoms with Crippen molar-refractivity contribution in [1.82, 2.24) is 0 Å². The second-order valence-corrected chi connectivity index (χ2v) is 5.20. The third-order valence-corrected chi connectivity index (χ3v) is 3.82. The van der Waals surface area contributed by atoms with E-state index in [1.165, 1.54) is 46.5 Å². The molecule has 1 aliphatic rings. The molecule has 0 amide bonds. The largest absolute Gasteiger partial charge is 0.493 e. The van der Waals surface area contributed by atoms with Gasteiger partial charge in [0.2, 0.25) is 5.75 Å². The van der Waals surface area contributed by atoms with Crippen molar-refractivity contribution >= 4 is 17.6 Å². The van der Waals surface area contributed by atoms with Crippen LogP contribution in [-0.2, 0) is 19.1 Å². The molecule has 8 nitrogen and oxygen atoms in total. The highest BCUT2D eigenvalue weighted by atomic mass is 16.5. The molecular formula is C19H21NO7. The van der Waals surface area contributed by atoms with Crippen molar-refractivity contribution < 1.29 is 33.3 Å². The van der Waals surface area contributed by atoms with E-state index < -0.39 is 11.9 Å². The van der Waals surface area contributed by atoms with Gasteiger partial charge in [-0.3, -0.25) is 0 Å². The van der Waals surface area contributed by atoms with Crippen LogP contribution in [0.5, 0.6) is 17.2 Å². The van der Waals surface area contributed by atoms with Gasteiger partial charge in [0.1, 0.15) is 5.70 Å². The van der Waals surface area contributed by atoms with E-state index in [9.17, 15) is 9.59 Å². The molecule has 0 saturated heterocycles. The molecule has 1 aromatic carbocycles. The van der Waals surface area contributed by atoms with Crippen molar-refractivity contribution in [3.63, 3.8) is 0 Å². The van der Waals surface area contributed by atoms with E-state index in [1.807, 2.05) is 0 Å². The Bertz CT molecular complexity index is 798. The minimum Gasteiger partial charge on any atom is -0.493 e. The van der Waals surface area contributed by atoms with Gasteiger partial charge in [0.15, 0.2) is 11.5 Å². The van der Waals surface area contributed by atoms with Crippen molar-refractivity contribution in [2.45, 2.75) is 0 Å². The van der Waals surface area contributed by atoms with Gasteiger partial charge in [-0.25, -0.2) is 9.59 Å². The highest BCUT2D eigenvalue weighted by Crippen LogP contribution is 2.42. The number of rotatable bonds is 6. The Morgan fingerprint density at radius 1 is 0.815 bits per heavy atom. The SMILES string of the molecule is COC(=O)C1=C(C(=O)OC)N(c2cc(OC)c(OC)c(OC)c2)C=CC=C1. The van der Waals surface area contributed by atoms with Gasteiger partial charge in [0.25, 0.3) is 0 Å². The number of carbonyl (C=O) groups excluding carboxylic acids is 2. The molecule has 0 saturated carbocycles. The third-order valence-electron chi connectivity index (χ3n) is 3.82. The number of methoxy groups -OCH3 is 5. The Hall–Kier alpha value is -3.42. The molecule has 0 spiro atoms. The zero-order valence-electron chi connectivity index (χ0n) is 15.8. The van der Waals surface area contributed by atoms with Crippen molar-refractivity contribution in [3.05, 3.63) is 47.8 Å². The van der Waals surface area contributed by atoms with Crippen molar-refractivity contribution in [2.24, 2.45) is 0 Å². The molecule has 2 rings (SSSR count). The van der Waals surface area contributed by atoms with Crippen LogP contribution in [0, 0.1) is 0 Å². The molecule has 1 heterocycles. The summed E-state index contributed by atoms with van der Waals surface area (Å²) in [7, 11) is 6.93. The van der Waals surface area contributed by atoms with Crippen LogP contribution >= 0.6 is 0 Å². The summed E-state index contributed by atoms with van der Waals surface area (Å²) in [6.07, 6.45) is 6.38. The Labute approximate surface area is 157 Å². The molecule has 0 fully saturated rings. The minimum atomic E-state index is -0.708. The maximum absolute atomic E-state index is 12.5. The maximum atomic E-state index is 12.5. The first-order valence-corrected chi connectivity index (χ1v) is 7.87. The maximum Gasteiger partial charge on any atom is 0.355 e. The number of anilines is 1. The topological polar surface area (TPSA) is 83.5 Å². The highest BCUT2D eigenvalue weighted by Gasteiger charge is 2.28. The highest BCUT2D eigenvalue weighted by molar-refractivity contribution is 6.05. The van der Waals surface area contributed by atoms with Gasteiger partial charge in [0, 0.05) is 18.3 Å². The zero-order chi connectivity index (χ0) is 20.0.